The SMILES string of the molecule is CC(CCc1ccsc1)Nc1nc(N)nc(C(F)(F)Cl)n1. The van der Waals surface area contributed by atoms with Crippen LogP contribution in [0.15, 0.2) is 16.8 Å². The zero-order valence-corrected chi connectivity index (χ0v) is 12.8. The third-order valence-electron chi connectivity index (χ3n) is 2.73. The van der Waals surface area contributed by atoms with E-state index in [0.717, 1.165) is 12.8 Å². The first-order chi connectivity index (χ1) is 9.84. The summed E-state index contributed by atoms with van der Waals surface area (Å²) >= 11 is 6.53. The van der Waals surface area contributed by atoms with Gasteiger partial charge in [-0.2, -0.15) is 35.1 Å². The maximum Gasteiger partial charge on any atom is 0.381 e. The third-order valence-corrected chi connectivity index (χ3v) is 3.63. The van der Waals surface area contributed by atoms with E-state index in [1.54, 1.807) is 11.3 Å². The molecule has 0 aliphatic heterocycles. The van der Waals surface area contributed by atoms with Crippen LogP contribution in [0.25, 0.3) is 0 Å². The molecule has 0 aliphatic rings. The van der Waals surface area contributed by atoms with Gasteiger partial charge in [0.1, 0.15) is 0 Å². The van der Waals surface area contributed by atoms with Crippen LogP contribution in [-0.2, 0) is 11.8 Å². The molecule has 9 heteroatoms. The molecule has 0 aliphatic carbocycles. The molecule has 21 heavy (non-hydrogen) atoms. The summed E-state index contributed by atoms with van der Waals surface area (Å²) < 4.78 is 26.0. The van der Waals surface area contributed by atoms with Gasteiger partial charge in [-0.3, -0.25) is 0 Å². The number of hydrogen-bond donors (Lipinski definition) is 2. The molecule has 2 aromatic rings. The van der Waals surface area contributed by atoms with E-state index in [1.165, 1.54) is 5.56 Å². The molecule has 0 fully saturated rings. The molecule has 114 valence electrons. The first kappa shape index (κ1) is 15.8. The molecular formula is C12H14ClF2N5S. The Kier molecular flexibility index (Phi) is 4.89. The first-order valence-corrected chi connectivity index (χ1v) is 7.53. The van der Waals surface area contributed by atoms with Crippen LogP contribution in [0, 0.1) is 0 Å². The summed E-state index contributed by atoms with van der Waals surface area (Å²) in [6, 6.07) is 2.04. The van der Waals surface area contributed by atoms with Crippen molar-refractivity contribution in [2.45, 2.75) is 31.2 Å². The van der Waals surface area contributed by atoms with Crippen molar-refractivity contribution in [3.8, 4) is 0 Å². The van der Waals surface area contributed by atoms with Crippen molar-refractivity contribution in [1.29, 1.82) is 0 Å². The summed E-state index contributed by atoms with van der Waals surface area (Å²) in [6.45, 7) is 1.91. The number of nitrogens with zero attached hydrogens (tertiary/aromatic N) is 3. The number of rotatable bonds is 6. The van der Waals surface area contributed by atoms with Gasteiger partial charge in [-0.1, -0.05) is 0 Å². The van der Waals surface area contributed by atoms with E-state index in [4.69, 9.17) is 17.3 Å². The average Bonchev–Trinajstić information content (AvgIpc) is 2.87. The van der Waals surface area contributed by atoms with Gasteiger partial charge in [0.15, 0.2) is 0 Å². The predicted molar refractivity (Wildman–Crippen MR) is 79.7 cm³/mol. The number of thiophene rings is 1. The molecule has 2 heterocycles. The van der Waals surface area contributed by atoms with Crippen LogP contribution in [0.5, 0.6) is 0 Å². The molecule has 2 rings (SSSR count). The van der Waals surface area contributed by atoms with E-state index in [-0.39, 0.29) is 17.9 Å². The summed E-state index contributed by atoms with van der Waals surface area (Å²) in [6.07, 6.45) is 1.67. The van der Waals surface area contributed by atoms with E-state index >= 15 is 0 Å². The van der Waals surface area contributed by atoms with Crippen molar-refractivity contribution in [1.82, 2.24) is 15.0 Å². The zero-order chi connectivity index (χ0) is 15.5. The second-order valence-electron chi connectivity index (χ2n) is 4.55. The van der Waals surface area contributed by atoms with Crippen molar-refractivity contribution in [3.63, 3.8) is 0 Å². The minimum Gasteiger partial charge on any atom is -0.368 e. The summed E-state index contributed by atoms with van der Waals surface area (Å²) in [7, 11) is 0. The molecule has 0 saturated heterocycles. The fourth-order valence-electron chi connectivity index (χ4n) is 1.69. The molecule has 1 unspecified atom stereocenters. The minimum absolute atomic E-state index is 0.00403. The van der Waals surface area contributed by atoms with Crippen LogP contribution < -0.4 is 11.1 Å². The number of nitrogen functional groups attached to an aromatic ring is 1. The molecule has 0 amide bonds. The molecule has 5 nitrogen and oxygen atoms in total. The second kappa shape index (κ2) is 6.48. The Bertz CT molecular complexity index is 588. The molecule has 2 aromatic heterocycles. The van der Waals surface area contributed by atoms with E-state index in [9.17, 15) is 8.78 Å². The highest BCUT2D eigenvalue weighted by Gasteiger charge is 2.33. The molecule has 0 bridgehead atoms. The second-order valence-corrected chi connectivity index (χ2v) is 5.81. The van der Waals surface area contributed by atoms with E-state index in [2.05, 4.69) is 25.6 Å². The Hall–Kier alpha value is -1.54. The average molecular weight is 334 g/mol. The fraction of sp³-hybridized carbons (Fsp3) is 0.417. The summed E-state index contributed by atoms with van der Waals surface area (Å²) in [5.74, 6) is -1.16. The minimum atomic E-state index is -3.67. The maximum absolute atomic E-state index is 13.0. The molecule has 0 spiro atoms. The lowest BCUT2D eigenvalue weighted by Gasteiger charge is -2.15. The Morgan fingerprint density at radius 3 is 2.81 bits per heavy atom. The molecule has 3 N–H and O–H groups in total. The van der Waals surface area contributed by atoms with E-state index in [1.807, 2.05) is 18.4 Å². The summed E-state index contributed by atoms with van der Waals surface area (Å²) in [5, 5.41) is 3.33. The topological polar surface area (TPSA) is 76.7 Å². The number of nitrogens with one attached hydrogen (secondary N) is 1. The number of anilines is 2. The Balaban J connectivity index is 2.00. The Labute approximate surface area is 129 Å². The van der Waals surface area contributed by atoms with Crippen molar-refractivity contribution in [3.05, 3.63) is 28.2 Å². The first-order valence-electron chi connectivity index (χ1n) is 6.21. The van der Waals surface area contributed by atoms with Crippen LogP contribution in [0.1, 0.15) is 24.7 Å². The van der Waals surface area contributed by atoms with E-state index < -0.39 is 11.2 Å². The van der Waals surface area contributed by atoms with Gasteiger partial charge >= 0.3 is 5.38 Å². The van der Waals surface area contributed by atoms with E-state index in [0.29, 0.717) is 0 Å². The summed E-state index contributed by atoms with van der Waals surface area (Å²) in [5.41, 5.74) is 6.62. The number of nitrogens with two attached hydrogens (primary N) is 1. The molecule has 0 aromatic carbocycles. The normalized spacial score (nSPS) is 13.1. The van der Waals surface area contributed by atoms with Crippen molar-refractivity contribution in [2.75, 3.05) is 11.1 Å². The van der Waals surface area contributed by atoms with Crippen LogP contribution in [0.3, 0.4) is 0 Å². The number of hydrogen-bond acceptors (Lipinski definition) is 6. The predicted octanol–water partition coefficient (Wildman–Crippen LogP) is 3.24. The van der Waals surface area contributed by atoms with Gasteiger partial charge in [0.2, 0.25) is 17.7 Å². The van der Waals surface area contributed by atoms with Crippen LogP contribution >= 0.6 is 22.9 Å². The molecule has 1 atom stereocenters. The fourth-order valence-corrected chi connectivity index (χ4v) is 2.48. The monoisotopic (exact) mass is 333 g/mol. The molecule has 0 saturated carbocycles. The number of halogens is 3. The quantitative estimate of drug-likeness (QED) is 0.794. The Morgan fingerprint density at radius 1 is 1.43 bits per heavy atom. The number of alkyl halides is 3. The van der Waals surface area contributed by atoms with Crippen molar-refractivity contribution in [2.24, 2.45) is 0 Å². The highest BCUT2D eigenvalue weighted by atomic mass is 35.5. The van der Waals surface area contributed by atoms with Gasteiger partial charge in [0, 0.05) is 6.04 Å². The standard InChI is InChI=1S/C12H14ClF2N5S/c1-7(2-3-8-4-5-21-6-8)17-11-19-9(12(13,14)15)18-10(16)20-11/h4-7H,2-3H2,1H3,(H3,16,17,18,19,20). The lowest BCUT2D eigenvalue weighted by Crippen LogP contribution is -2.21. The molecular weight excluding hydrogens is 320 g/mol. The van der Waals surface area contributed by atoms with Crippen LogP contribution in [0.4, 0.5) is 20.7 Å². The lowest BCUT2D eigenvalue weighted by molar-refractivity contribution is 0.0845. The van der Waals surface area contributed by atoms with Crippen LogP contribution in [0.2, 0.25) is 0 Å². The van der Waals surface area contributed by atoms with Crippen LogP contribution in [-0.4, -0.2) is 21.0 Å². The highest BCUT2D eigenvalue weighted by molar-refractivity contribution is 7.07. The molecule has 0 radical (unpaired) electrons. The van der Waals surface area contributed by atoms with Gasteiger partial charge in [-0.15, -0.1) is 0 Å². The summed E-state index contributed by atoms with van der Waals surface area (Å²) in [4.78, 5) is 10.7. The van der Waals surface area contributed by atoms with Gasteiger partial charge in [0.25, 0.3) is 0 Å². The van der Waals surface area contributed by atoms with Gasteiger partial charge in [-0.05, 0) is 53.8 Å². The van der Waals surface area contributed by atoms with Gasteiger partial charge in [-0.25, -0.2) is 0 Å². The zero-order valence-electron chi connectivity index (χ0n) is 11.2. The highest BCUT2D eigenvalue weighted by Crippen LogP contribution is 2.30. The van der Waals surface area contributed by atoms with Gasteiger partial charge in [0.05, 0.1) is 0 Å². The lowest BCUT2D eigenvalue weighted by atomic mass is 10.1. The third kappa shape index (κ3) is 4.75. The largest absolute Gasteiger partial charge is 0.381 e. The Morgan fingerprint density at radius 2 is 2.19 bits per heavy atom. The smallest absolute Gasteiger partial charge is 0.368 e. The maximum atomic E-state index is 13.0. The van der Waals surface area contributed by atoms with Crippen molar-refractivity contribution < 1.29 is 8.78 Å². The number of aryl methyl sites for hydroxylation is 1. The van der Waals surface area contributed by atoms with Gasteiger partial charge < -0.3 is 11.1 Å². The number of aromatic nitrogens is 3. The van der Waals surface area contributed by atoms with Crippen molar-refractivity contribution >= 4 is 34.8 Å².